The van der Waals surface area contributed by atoms with Crippen molar-refractivity contribution in [2.24, 2.45) is 11.5 Å². The van der Waals surface area contributed by atoms with Gasteiger partial charge in [-0.15, -0.1) is 0 Å². The number of rotatable bonds is 15. The number of H-pyrrole nitrogens is 1. The average molecular weight is 486 g/mol. The van der Waals surface area contributed by atoms with Gasteiger partial charge in [0.15, 0.2) is 0 Å². The lowest BCUT2D eigenvalue weighted by molar-refractivity contribution is -0.141. The first-order valence-corrected chi connectivity index (χ1v) is 11.6. The summed E-state index contributed by atoms with van der Waals surface area (Å²) in [7, 11) is 0. The van der Waals surface area contributed by atoms with E-state index in [4.69, 9.17) is 16.6 Å². The van der Waals surface area contributed by atoms with Crippen molar-refractivity contribution in [3.05, 3.63) is 18.2 Å². The Balaban J connectivity index is 2.93. The number of aromatic amines is 1. The molecule has 0 saturated heterocycles. The minimum Gasteiger partial charge on any atom is -0.480 e. The maximum absolute atomic E-state index is 13.0. The van der Waals surface area contributed by atoms with Crippen LogP contribution in [-0.4, -0.2) is 80.8 Å². The lowest BCUT2D eigenvalue weighted by atomic mass is 10.1. The van der Waals surface area contributed by atoms with Gasteiger partial charge in [-0.3, -0.25) is 24.0 Å². The van der Waals surface area contributed by atoms with E-state index in [2.05, 4.69) is 25.9 Å². The molecule has 0 radical (unpaired) electrons. The van der Waals surface area contributed by atoms with Crippen LogP contribution in [0.15, 0.2) is 12.5 Å². The van der Waals surface area contributed by atoms with E-state index in [0.29, 0.717) is 11.4 Å². The third-order valence-electron chi connectivity index (χ3n) is 4.62. The van der Waals surface area contributed by atoms with Crippen molar-refractivity contribution in [2.75, 3.05) is 12.0 Å². The highest BCUT2D eigenvalue weighted by Crippen LogP contribution is 2.06. The second-order valence-corrected chi connectivity index (χ2v) is 8.35. The standard InChI is InChI=1S/C19H31N7O6S/c1-10(19(31)32)24-18(30)14(7-11-8-22-9-23-11)26-17(29)13(5-6-33-2)25-16(28)12(20)3-4-15(21)27/h8-10,12-14H,3-7,20H2,1-2H3,(H2,21,27)(H,22,23)(H,24,30)(H,25,28)(H,26,29)(H,31,32). The second-order valence-electron chi connectivity index (χ2n) is 7.36. The summed E-state index contributed by atoms with van der Waals surface area (Å²) < 4.78 is 0. The number of hydrogen-bond donors (Lipinski definition) is 7. The van der Waals surface area contributed by atoms with Gasteiger partial charge in [-0.1, -0.05) is 0 Å². The number of amides is 4. The molecule has 13 nitrogen and oxygen atoms in total. The van der Waals surface area contributed by atoms with Crippen LogP contribution in [0.2, 0.25) is 0 Å². The molecular weight excluding hydrogens is 454 g/mol. The number of nitrogens with two attached hydrogens (primary N) is 2. The van der Waals surface area contributed by atoms with Gasteiger partial charge in [0.2, 0.25) is 23.6 Å². The van der Waals surface area contributed by atoms with Gasteiger partial charge in [-0.25, -0.2) is 4.98 Å². The summed E-state index contributed by atoms with van der Waals surface area (Å²) in [6.07, 6.45) is 4.92. The highest BCUT2D eigenvalue weighted by molar-refractivity contribution is 7.98. The van der Waals surface area contributed by atoms with E-state index in [9.17, 15) is 24.0 Å². The fourth-order valence-corrected chi connectivity index (χ4v) is 3.16. The molecule has 0 aliphatic heterocycles. The van der Waals surface area contributed by atoms with Gasteiger partial charge >= 0.3 is 5.97 Å². The molecule has 4 unspecified atom stereocenters. The van der Waals surface area contributed by atoms with Crippen molar-refractivity contribution in [3.8, 4) is 0 Å². The largest absolute Gasteiger partial charge is 0.480 e. The van der Waals surface area contributed by atoms with Gasteiger partial charge in [0.1, 0.15) is 18.1 Å². The number of primary amides is 1. The van der Waals surface area contributed by atoms with Gasteiger partial charge < -0.3 is 37.5 Å². The quantitative estimate of drug-likeness (QED) is 0.144. The fourth-order valence-electron chi connectivity index (χ4n) is 2.69. The van der Waals surface area contributed by atoms with Crippen LogP contribution in [0.3, 0.4) is 0 Å². The number of thioether (sulfide) groups is 1. The van der Waals surface area contributed by atoms with Crippen molar-refractivity contribution in [3.63, 3.8) is 0 Å². The highest BCUT2D eigenvalue weighted by atomic mass is 32.2. The third kappa shape index (κ3) is 10.4. The van der Waals surface area contributed by atoms with Gasteiger partial charge in [0.05, 0.1) is 12.4 Å². The zero-order valence-electron chi connectivity index (χ0n) is 18.5. The van der Waals surface area contributed by atoms with Crippen LogP contribution in [-0.2, 0) is 30.4 Å². The Labute approximate surface area is 195 Å². The summed E-state index contributed by atoms with van der Waals surface area (Å²) in [4.78, 5) is 66.7. The molecule has 4 amide bonds. The van der Waals surface area contributed by atoms with Crippen LogP contribution < -0.4 is 27.4 Å². The number of imidazole rings is 1. The lowest BCUT2D eigenvalue weighted by Crippen LogP contribution is -2.57. The Morgan fingerprint density at radius 2 is 1.73 bits per heavy atom. The zero-order valence-corrected chi connectivity index (χ0v) is 19.3. The lowest BCUT2D eigenvalue weighted by Gasteiger charge is -2.24. The van der Waals surface area contributed by atoms with E-state index >= 15 is 0 Å². The molecule has 0 aromatic carbocycles. The van der Waals surface area contributed by atoms with Gasteiger partial charge in [0, 0.05) is 24.7 Å². The van der Waals surface area contributed by atoms with E-state index in [1.165, 1.54) is 31.2 Å². The Kier molecular flexibility index (Phi) is 11.9. The molecule has 14 heteroatoms. The van der Waals surface area contributed by atoms with Crippen molar-refractivity contribution in [1.82, 2.24) is 25.9 Å². The molecule has 0 bridgehead atoms. The summed E-state index contributed by atoms with van der Waals surface area (Å²) in [6.45, 7) is 1.30. The minimum absolute atomic E-state index is 0.0191. The van der Waals surface area contributed by atoms with E-state index in [0.717, 1.165) is 0 Å². The van der Waals surface area contributed by atoms with Crippen LogP contribution in [0.25, 0.3) is 0 Å². The molecule has 184 valence electrons. The van der Waals surface area contributed by atoms with E-state index in [-0.39, 0.29) is 25.7 Å². The summed E-state index contributed by atoms with van der Waals surface area (Å²) in [5.74, 6) is -3.28. The van der Waals surface area contributed by atoms with Crippen molar-refractivity contribution in [2.45, 2.75) is 56.8 Å². The Hall–Kier alpha value is -3.13. The topological polar surface area (TPSA) is 222 Å². The van der Waals surface area contributed by atoms with Crippen LogP contribution in [0.4, 0.5) is 0 Å². The number of carboxylic acids is 1. The fraction of sp³-hybridized carbons (Fsp3) is 0.579. The zero-order chi connectivity index (χ0) is 25.0. The first kappa shape index (κ1) is 27.9. The molecule has 4 atom stereocenters. The molecular formula is C19H31N7O6S. The van der Waals surface area contributed by atoms with Gasteiger partial charge in [-0.05, 0) is 31.8 Å². The normalized spacial score (nSPS) is 14.4. The first-order chi connectivity index (χ1) is 15.5. The SMILES string of the molecule is CSCCC(NC(=O)C(N)CCC(N)=O)C(=O)NC(Cc1cnc[nH]1)C(=O)NC(C)C(=O)O. The first-order valence-electron chi connectivity index (χ1n) is 10.2. The van der Waals surface area contributed by atoms with Crippen LogP contribution >= 0.6 is 11.8 Å². The second kappa shape index (κ2) is 14.1. The number of aliphatic carboxylic acids is 1. The Morgan fingerprint density at radius 3 is 2.27 bits per heavy atom. The molecule has 33 heavy (non-hydrogen) atoms. The number of nitrogens with zero attached hydrogens (tertiary/aromatic N) is 1. The monoisotopic (exact) mass is 485 g/mol. The number of hydrogen-bond acceptors (Lipinski definition) is 8. The third-order valence-corrected chi connectivity index (χ3v) is 5.27. The van der Waals surface area contributed by atoms with Crippen LogP contribution in [0.1, 0.15) is 31.9 Å². The molecule has 1 heterocycles. The minimum atomic E-state index is -1.23. The summed E-state index contributed by atoms with van der Waals surface area (Å²) >= 11 is 1.46. The van der Waals surface area contributed by atoms with E-state index in [1.54, 1.807) is 0 Å². The molecule has 1 rings (SSSR count). The number of nitrogens with one attached hydrogen (secondary N) is 4. The van der Waals surface area contributed by atoms with E-state index in [1.807, 2.05) is 6.26 Å². The summed E-state index contributed by atoms with van der Waals surface area (Å²) in [5.41, 5.74) is 11.4. The molecule has 0 saturated carbocycles. The number of aromatic nitrogens is 2. The molecule has 1 aromatic rings. The molecule has 0 aliphatic carbocycles. The maximum Gasteiger partial charge on any atom is 0.325 e. The maximum atomic E-state index is 13.0. The predicted octanol–water partition coefficient (Wildman–Crippen LogP) is -2.14. The Bertz CT molecular complexity index is 820. The van der Waals surface area contributed by atoms with Crippen LogP contribution in [0, 0.1) is 0 Å². The Morgan fingerprint density at radius 1 is 1.09 bits per heavy atom. The number of carbonyl (C=O) groups is 5. The number of carboxylic acid groups (broad SMARTS) is 1. The predicted molar refractivity (Wildman–Crippen MR) is 121 cm³/mol. The van der Waals surface area contributed by atoms with Crippen molar-refractivity contribution in [1.29, 1.82) is 0 Å². The molecule has 0 aliphatic rings. The molecule has 0 spiro atoms. The summed E-state index contributed by atoms with van der Waals surface area (Å²) in [5, 5.41) is 16.5. The van der Waals surface area contributed by atoms with Crippen LogP contribution in [0.5, 0.6) is 0 Å². The molecule has 9 N–H and O–H groups in total. The highest BCUT2D eigenvalue weighted by Gasteiger charge is 2.29. The smallest absolute Gasteiger partial charge is 0.325 e. The van der Waals surface area contributed by atoms with Crippen molar-refractivity contribution < 1.29 is 29.1 Å². The average Bonchev–Trinajstić information content (AvgIpc) is 3.26. The van der Waals surface area contributed by atoms with Gasteiger partial charge in [-0.2, -0.15) is 11.8 Å². The van der Waals surface area contributed by atoms with Crippen molar-refractivity contribution >= 4 is 41.4 Å². The van der Waals surface area contributed by atoms with Gasteiger partial charge in [0.25, 0.3) is 0 Å². The summed E-state index contributed by atoms with van der Waals surface area (Å²) in [6, 6.07) is -4.34. The molecule has 0 fully saturated rings. The van der Waals surface area contributed by atoms with E-state index < -0.39 is 53.8 Å². The number of carbonyl (C=O) groups excluding carboxylic acids is 4. The molecule has 1 aromatic heterocycles.